The smallest absolute Gasteiger partial charge is 0.175 e. The Hall–Kier alpha value is -2.58. The van der Waals surface area contributed by atoms with Gasteiger partial charge in [-0.05, 0) is 36.0 Å². The van der Waals surface area contributed by atoms with Crippen LogP contribution in [0.5, 0.6) is 0 Å². The molecule has 0 heterocycles. The van der Waals surface area contributed by atoms with E-state index in [0.29, 0.717) is 0 Å². The largest absolute Gasteiger partial charge is 0.196 e. The van der Waals surface area contributed by atoms with Crippen LogP contribution in [0.3, 0.4) is 0 Å². The van der Waals surface area contributed by atoms with Crippen LogP contribution >= 0.6 is 0 Å². The first-order chi connectivity index (χ1) is 10.3. The molecule has 0 radical (unpaired) electrons. The van der Waals surface area contributed by atoms with Crippen LogP contribution in [0.4, 0.5) is 0 Å². The highest BCUT2D eigenvalue weighted by Crippen LogP contribution is 2.45. The fraction of sp³-hybridized carbons (Fsp3) is 0.263. The highest BCUT2D eigenvalue weighted by atomic mass is 14.5. The molecule has 1 aliphatic carbocycles. The van der Waals surface area contributed by atoms with Crippen molar-refractivity contribution in [2.45, 2.75) is 30.6 Å². The van der Waals surface area contributed by atoms with Crippen LogP contribution < -0.4 is 0 Å². The summed E-state index contributed by atoms with van der Waals surface area (Å²) in [6.07, 6.45) is 2.95. The van der Waals surface area contributed by atoms with E-state index in [2.05, 4.69) is 24.3 Å². The number of fused-ring (bicyclic) bond motifs is 1. The molecule has 0 saturated heterocycles. The van der Waals surface area contributed by atoms with Crippen LogP contribution in [-0.2, 0) is 11.8 Å². The van der Waals surface area contributed by atoms with Crippen molar-refractivity contribution in [2.75, 3.05) is 0 Å². The first kappa shape index (κ1) is 13.4. The highest BCUT2D eigenvalue weighted by molar-refractivity contribution is 5.49. The SMILES string of the molecule is N#CC(C#N)(c1ccccc1)C1CCCc2ccccc21. The second-order valence-corrected chi connectivity index (χ2v) is 5.54. The maximum absolute atomic E-state index is 9.84. The zero-order chi connectivity index (χ0) is 14.7. The maximum atomic E-state index is 9.84. The van der Waals surface area contributed by atoms with Crippen molar-refractivity contribution in [3.63, 3.8) is 0 Å². The molecule has 0 amide bonds. The van der Waals surface area contributed by atoms with Crippen LogP contribution in [0.15, 0.2) is 54.6 Å². The van der Waals surface area contributed by atoms with Crippen molar-refractivity contribution < 1.29 is 0 Å². The molecule has 102 valence electrons. The van der Waals surface area contributed by atoms with Gasteiger partial charge in [-0.1, -0.05) is 54.6 Å². The van der Waals surface area contributed by atoms with E-state index in [9.17, 15) is 10.5 Å². The van der Waals surface area contributed by atoms with Crippen molar-refractivity contribution in [3.05, 3.63) is 71.3 Å². The summed E-state index contributed by atoms with van der Waals surface area (Å²) < 4.78 is 0. The van der Waals surface area contributed by atoms with Gasteiger partial charge in [0.15, 0.2) is 5.41 Å². The predicted molar refractivity (Wildman–Crippen MR) is 81.5 cm³/mol. The second kappa shape index (κ2) is 5.43. The average Bonchev–Trinajstić information content (AvgIpc) is 2.58. The lowest BCUT2D eigenvalue weighted by molar-refractivity contribution is 0.457. The number of nitriles is 2. The molecule has 1 unspecified atom stereocenters. The fourth-order valence-electron chi connectivity index (χ4n) is 3.42. The molecule has 1 aliphatic rings. The number of hydrogen-bond acceptors (Lipinski definition) is 2. The molecule has 2 heteroatoms. The Morgan fingerprint density at radius 2 is 1.57 bits per heavy atom. The van der Waals surface area contributed by atoms with Gasteiger partial charge in [-0.2, -0.15) is 10.5 Å². The molecule has 0 fully saturated rings. The minimum atomic E-state index is -1.10. The Kier molecular flexibility index (Phi) is 3.46. The van der Waals surface area contributed by atoms with E-state index in [1.165, 1.54) is 5.56 Å². The van der Waals surface area contributed by atoms with Gasteiger partial charge >= 0.3 is 0 Å². The molecule has 2 aromatic carbocycles. The molecule has 21 heavy (non-hydrogen) atoms. The van der Waals surface area contributed by atoms with Crippen molar-refractivity contribution in [1.82, 2.24) is 0 Å². The second-order valence-electron chi connectivity index (χ2n) is 5.54. The summed E-state index contributed by atoms with van der Waals surface area (Å²) in [5, 5.41) is 19.7. The van der Waals surface area contributed by atoms with Crippen LogP contribution in [0.1, 0.15) is 35.4 Å². The van der Waals surface area contributed by atoms with Gasteiger partial charge < -0.3 is 0 Å². The van der Waals surface area contributed by atoms with Crippen molar-refractivity contribution in [3.8, 4) is 12.1 Å². The first-order valence-electron chi connectivity index (χ1n) is 7.27. The van der Waals surface area contributed by atoms with Crippen molar-refractivity contribution >= 4 is 0 Å². The average molecular weight is 272 g/mol. The lowest BCUT2D eigenvalue weighted by atomic mass is 9.64. The summed E-state index contributed by atoms with van der Waals surface area (Å²) in [7, 11) is 0. The third kappa shape index (κ3) is 2.10. The summed E-state index contributed by atoms with van der Waals surface area (Å²) in [5.41, 5.74) is 2.14. The Morgan fingerprint density at radius 3 is 2.29 bits per heavy atom. The molecule has 2 aromatic rings. The number of hydrogen-bond donors (Lipinski definition) is 0. The molecule has 0 aliphatic heterocycles. The normalized spacial score (nSPS) is 17.3. The molecule has 0 aromatic heterocycles. The lowest BCUT2D eigenvalue weighted by Crippen LogP contribution is -2.33. The van der Waals surface area contributed by atoms with Gasteiger partial charge in [-0.3, -0.25) is 0 Å². The minimum absolute atomic E-state index is 0.0557. The van der Waals surface area contributed by atoms with Gasteiger partial charge in [0, 0.05) is 5.92 Å². The Labute approximate surface area is 125 Å². The summed E-state index contributed by atoms with van der Waals surface area (Å²) in [5.74, 6) is -0.0557. The Morgan fingerprint density at radius 1 is 0.905 bits per heavy atom. The molecule has 1 atom stereocenters. The van der Waals surface area contributed by atoms with E-state index in [0.717, 1.165) is 30.4 Å². The molecule has 3 rings (SSSR count). The number of aryl methyl sites for hydroxylation is 1. The van der Waals surface area contributed by atoms with Gasteiger partial charge in [0.25, 0.3) is 0 Å². The Bertz CT molecular complexity index is 705. The Balaban J connectivity index is 2.17. The summed E-state index contributed by atoms with van der Waals surface area (Å²) in [6.45, 7) is 0. The van der Waals surface area contributed by atoms with Crippen LogP contribution in [0, 0.1) is 22.7 Å². The molecular formula is C19H16N2. The standard InChI is InChI=1S/C19H16N2/c20-13-19(14-21,16-9-2-1-3-10-16)18-12-6-8-15-7-4-5-11-17(15)18/h1-5,7,9-11,18H,6,8,12H2. The van der Waals surface area contributed by atoms with Crippen molar-refractivity contribution in [2.24, 2.45) is 0 Å². The topological polar surface area (TPSA) is 47.6 Å². The lowest BCUT2D eigenvalue weighted by Gasteiger charge is -2.34. The van der Waals surface area contributed by atoms with Crippen LogP contribution in [0.25, 0.3) is 0 Å². The monoisotopic (exact) mass is 272 g/mol. The molecule has 0 saturated carbocycles. The van der Waals surface area contributed by atoms with E-state index >= 15 is 0 Å². The third-order valence-corrected chi connectivity index (χ3v) is 4.47. The van der Waals surface area contributed by atoms with Gasteiger partial charge in [-0.15, -0.1) is 0 Å². The summed E-state index contributed by atoms with van der Waals surface area (Å²) in [4.78, 5) is 0. The summed E-state index contributed by atoms with van der Waals surface area (Å²) >= 11 is 0. The fourth-order valence-corrected chi connectivity index (χ4v) is 3.42. The van der Waals surface area contributed by atoms with Gasteiger partial charge in [0.05, 0.1) is 12.1 Å². The number of benzene rings is 2. The molecule has 0 N–H and O–H groups in total. The van der Waals surface area contributed by atoms with E-state index in [1.807, 2.05) is 42.5 Å². The molecule has 0 bridgehead atoms. The van der Waals surface area contributed by atoms with Gasteiger partial charge in [0.2, 0.25) is 0 Å². The molecule has 0 spiro atoms. The predicted octanol–water partition coefficient (Wildman–Crippen LogP) is 4.09. The maximum Gasteiger partial charge on any atom is 0.175 e. The zero-order valence-corrected chi connectivity index (χ0v) is 11.8. The zero-order valence-electron chi connectivity index (χ0n) is 11.8. The third-order valence-electron chi connectivity index (χ3n) is 4.47. The molecular weight excluding hydrogens is 256 g/mol. The highest BCUT2D eigenvalue weighted by Gasteiger charge is 2.43. The van der Waals surface area contributed by atoms with Gasteiger partial charge in [0.1, 0.15) is 0 Å². The van der Waals surface area contributed by atoms with E-state index in [-0.39, 0.29) is 5.92 Å². The van der Waals surface area contributed by atoms with Crippen molar-refractivity contribution in [1.29, 1.82) is 10.5 Å². The van der Waals surface area contributed by atoms with Crippen LogP contribution in [0.2, 0.25) is 0 Å². The quantitative estimate of drug-likeness (QED) is 0.826. The van der Waals surface area contributed by atoms with Crippen LogP contribution in [-0.4, -0.2) is 0 Å². The summed E-state index contributed by atoms with van der Waals surface area (Å²) in [6, 6.07) is 22.4. The molecule has 2 nitrogen and oxygen atoms in total. The number of nitrogens with zero attached hydrogens (tertiary/aromatic N) is 2. The van der Waals surface area contributed by atoms with E-state index < -0.39 is 5.41 Å². The van der Waals surface area contributed by atoms with E-state index in [4.69, 9.17) is 0 Å². The number of rotatable bonds is 2. The first-order valence-corrected chi connectivity index (χ1v) is 7.27. The van der Waals surface area contributed by atoms with E-state index in [1.54, 1.807) is 0 Å². The van der Waals surface area contributed by atoms with Gasteiger partial charge in [-0.25, -0.2) is 0 Å². The minimum Gasteiger partial charge on any atom is -0.196 e.